The maximum absolute atomic E-state index is 12.6. The van der Waals surface area contributed by atoms with Gasteiger partial charge < -0.3 is 14.5 Å². The van der Waals surface area contributed by atoms with Gasteiger partial charge in [0.15, 0.2) is 5.76 Å². The van der Waals surface area contributed by atoms with Crippen molar-refractivity contribution in [2.75, 3.05) is 13.1 Å². The number of carboxylic acids is 1. The number of hydrogen-bond acceptors (Lipinski definition) is 4. The molecule has 1 saturated heterocycles. The molecule has 1 amide bonds. The number of amides is 1. The number of nitrogens with zero attached hydrogens (tertiary/aromatic N) is 2. The summed E-state index contributed by atoms with van der Waals surface area (Å²) in [5.41, 5.74) is 1.06. The zero-order valence-corrected chi connectivity index (χ0v) is 12.0. The molecule has 1 aromatic heterocycles. The molecule has 6 heteroatoms. The van der Waals surface area contributed by atoms with Gasteiger partial charge >= 0.3 is 5.97 Å². The summed E-state index contributed by atoms with van der Waals surface area (Å²) in [6.07, 6.45) is 1.34. The van der Waals surface area contributed by atoms with Gasteiger partial charge in [-0.2, -0.15) is 0 Å². The van der Waals surface area contributed by atoms with Crippen LogP contribution >= 0.6 is 0 Å². The Kier molecular flexibility index (Phi) is 4.11. The highest BCUT2D eigenvalue weighted by Gasteiger charge is 2.32. The molecule has 1 unspecified atom stereocenters. The number of likely N-dealkylation sites (tertiary alicyclic amines) is 1. The second kappa shape index (κ2) is 5.64. The molecule has 0 aromatic carbocycles. The van der Waals surface area contributed by atoms with Crippen molar-refractivity contribution in [2.45, 2.75) is 39.5 Å². The molecule has 1 fully saturated rings. The quantitative estimate of drug-likeness (QED) is 0.916. The summed E-state index contributed by atoms with van der Waals surface area (Å²) in [6.45, 7) is 6.46. The number of piperidine rings is 1. The number of carbonyl (C=O) groups is 2. The normalized spacial score (nSPS) is 19.4. The molecule has 0 saturated carbocycles. The Labute approximate surface area is 117 Å². The van der Waals surface area contributed by atoms with Crippen LogP contribution in [-0.2, 0) is 4.79 Å². The molecule has 20 heavy (non-hydrogen) atoms. The highest BCUT2D eigenvalue weighted by molar-refractivity contribution is 5.96. The minimum absolute atomic E-state index is 0.0650. The Morgan fingerprint density at radius 2 is 2.15 bits per heavy atom. The van der Waals surface area contributed by atoms with E-state index >= 15 is 0 Å². The van der Waals surface area contributed by atoms with Gasteiger partial charge in [0, 0.05) is 19.0 Å². The molecule has 0 spiro atoms. The van der Waals surface area contributed by atoms with Crippen LogP contribution in [0.1, 0.15) is 54.4 Å². The molecule has 0 bridgehead atoms. The Bertz CT molecular complexity index is 521. The summed E-state index contributed by atoms with van der Waals surface area (Å²) >= 11 is 0. The standard InChI is InChI=1S/C14H20N2O4/c1-8(2)12-11(9(3)15-20-12)13(17)16-6-4-5-10(7-16)14(18)19/h8,10H,4-7H2,1-3H3,(H,18,19). The number of carbonyl (C=O) groups excluding carboxylic acids is 1. The predicted octanol–water partition coefficient (Wildman–Crippen LogP) is 2.04. The van der Waals surface area contributed by atoms with Gasteiger partial charge in [-0.15, -0.1) is 0 Å². The van der Waals surface area contributed by atoms with E-state index in [1.807, 2.05) is 13.8 Å². The predicted molar refractivity (Wildman–Crippen MR) is 71.6 cm³/mol. The Balaban J connectivity index is 2.23. The van der Waals surface area contributed by atoms with Crippen LogP contribution < -0.4 is 0 Å². The molecular formula is C14H20N2O4. The number of carboxylic acid groups (broad SMARTS) is 1. The van der Waals surface area contributed by atoms with Crippen LogP contribution in [0.5, 0.6) is 0 Å². The lowest BCUT2D eigenvalue weighted by atomic mass is 9.96. The third-order valence-electron chi connectivity index (χ3n) is 3.69. The van der Waals surface area contributed by atoms with Crippen molar-refractivity contribution in [3.8, 4) is 0 Å². The van der Waals surface area contributed by atoms with Crippen molar-refractivity contribution in [3.63, 3.8) is 0 Å². The summed E-state index contributed by atoms with van der Waals surface area (Å²) in [5, 5.41) is 13.0. The van der Waals surface area contributed by atoms with Crippen LogP contribution in [0.2, 0.25) is 0 Å². The Morgan fingerprint density at radius 1 is 1.45 bits per heavy atom. The topological polar surface area (TPSA) is 83.6 Å². The zero-order chi connectivity index (χ0) is 14.9. The first-order valence-electron chi connectivity index (χ1n) is 6.90. The maximum Gasteiger partial charge on any atom is 0.308 e. The molecule has 2 rings (SSSR count). The van der Waals surface area contributed by atoms with Crippen molar-refractivity contribution >= 4 is 11.9 Å². The number of aromatic nitrogens is 1. The second-order valence-corrected chi connectivity index (χ2v) is 5.59. The first-order chi connectivity index (χ1) is 9.41. The van der Waals surface area contributed by atoms with E-state index in [0.29, 0.717) is 36.4 Å². The summed E-state index contributed by atoms with van der Waals surface area (Å²) in [6, 6.07) is 0. The van der Waals surface area contributed by atoms with Gasteiger partial charge in [0.05, 0.1) is 11.6 Å². The van der Waals surface area contributed by atoms with Crippen molar-refractivity contribution in [2.24, 2.45) is 5.92 Å². The van der Waals surface area contributed by atoms with E-state index < -0.39 is 11.9 Å². The van der Waals surface area contributed by atoms with E-state index in [2.05, 4.69) is 5.16 Å². The highest BCUT2D eigenvalue weighted by Crippen LogP contribution is 2.26. The molecule has 110 valence electrons. The lowest BCUT2D eigenvalue weighted by Crippen LogP contribution is -2.42. The molecule has 1 aromatic rings. The molecule has 6 nitrogen and oxygen atoms in total. The van der Waals surface area contributed by atoms with Gasteiger partial charge in [0.25, 0.3) is 5.91 Å². The first kappa shape index (κ1) is 14.6. The van der Waals surface area contributed by atoms with Crippen molar-refractivity contribution in [3.05, 3.63) is 17.0 Å². The number of hydrogen-bond donors (Lipinski definition) is 1. The Morgan fingerprint density at radius 3 is 2.75 bits per heavy atom. The monoisotopic (exact) mass is 280 g/mol. The van der Waals surface area contributed by atoms with Crippen LogP contribution in [-0.4, -0.2) is 40.1 Å². The smallest absolute Gasteiger partial charge is 0.308 e. The van der Waals surface area contributed by atoms with E-state index in [9.17, 15) is 9.59 Å². The van der Waals surface area contributed by atoms with Gasteiger partial charge in [-0.3, -0.25) is 9.59 Å². The second-order valence-electron chi connectivity index (χ2n) is 5.59. The maximum atomic E-state index is 12.6. The van der Waals surface area contributed by atoms with Crippen molar-refractivity contribution in [1.82, 2.24) is 10.1 Å². The number of rotatable bonds is 3. The summed E-state index contributed by atoms with van der Waals surface area (Å²) in [7, 11) is 0. The molecule has 0 radical (unpaired) electrons. The largest absolute Gasteiger partial charge is 0.481 e. The molecule has 1 N–H and O–H groups in total. The molecule has 0 aliphatic carbocycles. The van der Waals surface area contributed by atoms with Gasteiger partial charge in [-0.1, -0.05) is 19.0 Å². The van der Waals surface area contributed by atoms with Gasteiger partial charge in [-0.05, 0) is 19.8 Å². The number of aryl methyl sites for hydroxylation is 1. The minimum Gasteiger partial charge on any atom is -0.481 e. The molecule has 2 heterocycles. The Hall–Kier alpha value is -1.85. The van der Waals surface area contributed by atoms with Gasteiger partial charge in [0.1, 0.15) is 5.56 Å². The average molecular weight is 280 g/mol. The van der Waals surface area contributed by atoms with Crippen LogP contribution in [0.25, 0.3) is 0 Å². The number of aliphatic carboxylic acids is 1. The molecule has 1 aliphatic rings. The van der Waals surface area contributed by atoms with Gasteiger partial charge in [0.2, 0.25) is 0 Å². The van der Waals surface area contributed by atoms with E-state index in [4.69, 9.17) is 9.63 Å². The molecular weight excluding hydrogens is 260 g/mol. The molecule has 1 atom stereocenters. The highest BCUT2D eigenvalue weighted by atomic mass is 16.5. The summed E-state index contributed by atoms with van der Waals surface area (Å²) < 4.78 is 5.23. The van der Waals surface area contributed by atoms with Crippen molar-refractivity contribution in [1.29, 1.82) is 0 Å². The van der Waals surface area contributed by atoms with Crippen LogP contribution in [0.15, 0.2) is 4.52 Å². The summed E-state index contributed by atoms with van der Waals surface area (Å²) in [5.74, 6) is -0.845. The SMILES string of the molecule is Cc1noc(C(C)C)c1C(=O)N1CCCC(C(=O)O)C1. The molecule has 1 aliphatic heterocycles. The minimum atomic E-state index is -0.839. The van der Waals surface area contributed by atoms with Crippen LogP contribution in [0, 0.1) is 12.8 Å². The van der Waals surface area contributed by atoms with E-state index in [1.165, 1.54) is 0 Å². The van der Waals surface area contributed by atoms with Crippen LogP contribution in [0.3, 0.4) is 0 Å². The van der Waals surface area contributed by atoms with Crippen molar-refractivity contribution < 1.29 is 19.2 Å². The van der Waals surface area contributed by atoms with E-state index in [-0.39, 0.29) is 18.4 Å². The van der Waals surface area contributed by atoms with Gasteiger partial charge in [-0.25, -0.2) is 0 Å². The third-order valence-corrected chi connectivity index (χ3v) is 3.69. The zero-order valence-electron chi connectivity index (χ0n) is 12.0. The van der Waals surface area contributed by atoms with E-state index in [1.54, 1.807) is 11.8 Å². The fraction of sp³-hybridized carbons (Fsp3) is 0.643. The fourth-order valence-corrected chi connectivity index (χ4v) is 2.56. The third kappa shape index (κ3) is 2.69. The van der Waals surface area contributed by atoms with Crippen LogP contribution in [0.4, 0.5) is 0 Å². The summed E-state index contributed by atoms with van der Waals surface area (Å²) in [4.78, 5) is 25.3. The first-order valence-corrected chi connectivity index (χ1v) is 6.90. The average Bonchev–Trinajstić information content (AvgIpc) is 2.80. The van der Waals surface area contributed by atoms with E-state index in [0.717, 1.165) is 0 Å². The lowest BCUT2D eigenvalue weighted by Gasteiger charge is -2.30. The fourth-order valence-electron chi connectivity index (χ4n) is 2.56. The lowest BCUT2D eigenvalue weighted by molar-refractivity contribution is -0.143.